The molecule has 0 spiro atoms. The highest BCUT2D eigenvalue weighted by Crippen LogP contribution is 2.22. The fourth-order valence-corrected chi connectivity index (χ4v) is 1.44. The maximum atomic E-state index is 10.6. The first-order valence-electron chi connectivity index (χ1n) is 4.84. The van der Waals surface area contributed by atoms with Crippen molar-refractivity contribution in [3.8, 4) is 0 Å². The molecule has 0 saturated carbocycles. The van der Waals surface area contributed by atoms with Crippen LogP contribution in [-0.4, -0.2) is 24.7 Å². The van der Waals surface area contributed by atoms with Crippen molar-refractivity contribution in [2.24, 2.45) is 5.41 Å². The summed E-state index contributed by atoms with van der Waals surface area (Å²) in [6.07, 6.45) is 0. The molecule has 4 heteroatoms. The van der Waals surface area contributed by atoms with Crippen LogP contribution in [-0.2, 0) is 0 Å². The zero-order chi connectivity index (χ0) is 11.6. The summed E-state index contributed by atoms with van der Waals surface area (Å²) in [4.78, 5) is 12.5. The normalized spacial score (nSPS) is 11.5. The Hall–Kier alpha value is -1.45. The zero-order valence-corrected chi connectivity index (χ0v) is 9.57. The molecule has 0 unspecified atom stereocenters. The van der Waals surface area contributed by atoms with Gasteiger partial charge in [-0.05, 0) is 11.5 Å². The van der Waals surface area contributed by atoms with Crippen LogP contribution in [0.4, 0.5) is 5.88 Å². The van der Waals surface area contributed by atoms with Crippen molar-refractivity contribution < 1.29 is 14.3 Å². The fourth-order valence-electron chi connectivity index (χ4n) is 1.44. The fraction of sp³-hybridized carbons (Fsp3) is 0.545. The molecule has 1 heterocycles. The van der Waals surface area contributed by atoms with Gasteiger partial charge in [-0.1, -0.05) is 20.8 Å². The van der Waals surface area contributed by atoms with E-state index in [1.807, 2.05) is 11.9 Å². The molecule has 0 saturated heterocycles. The zero-order valence-electron chi connectivity index (χ0n) is 9.57. The van der Waals surface area contributed by atoms with Gasteiger partial charge in [0.25, 0.3) is 0 Å². The van der Waals surface area contributed by atoms with Gasteiger partial charge in [-0.25, -0.2) is 4.79 Å². The van der Waals surface area contributed by atoms with E-state index in [4.69, 9.17) is 9.52 Å². The van der Waals surface area contributed by atoms with Crippen molar-refractivity contribution in [2.45, 2.75) is 20.8 Å². The van der Waals surface area contributed by atoms with Crippen molar-refractivity contribution in [2.75, 3.05) is 18.5 Å². The van der Waals surface area contributed by atoms with Crippen LogP contribution < -0.4 is 4.90 Å². The number of aromatic carboxylic acids is 1. The second-order valence-electron chi connectivity index (χ2n) is 4.86. The first-order chi connectivity index (χ1) is 6.79. The quantitative estimate of drug-likeness (QED) is 0.834. The van der Waals surface area contributed by atoms with Crippen molar-refractivity contribution in [1.29, 1.82) is 0 Å². The summed E-state index contributed by atoms with van der Waals surface area (Å²) in [6, 6.07) is 3.14. The number of furan rings is 1. The number of rotatable bonds is 3. The minimum Gasteiger partial charge on any atom is -0.475 e. The van der Waals surface area contributed by atoms with Crippen molar-refractivity contribution in [3.05, 3.63) is 17.9 Å². The summed E-state index contributed by atoms with van der Waals surface area (Å²) in [5.74, 6) is -0.474. The Morgan fingerprint density at radius 3 is 2.47 bits per heavy atom. The van der Waals surface area contributed by atoms with E-state index in [2.05, 4.69) is 20.8 Å². The van der Waals surface area contributed by atoms with Gasteiger partial charge in [0, 0.05) is 19.7 Å². The van der Waals surface area contributed by atoms with Crippen LogP contribution in [0.1, 0.15) is 31.3 Å². The number of anilines is 1. The van der Waals surface area contributed by atoms with E-state index in [0.29, 0.717) is 5.88 Å². The lowest BCUT2D eigenvalue weighted by molar-refractivity contribution is 0.0663. The minimum absolute atomic E-state index is 0.0224. The van der Waals surface area contributed by atoms with Gasteiger partial charge >= 0.3 is 5.97 Å². The van der Waals surface area contributed by atoms with E-state index in [0.717, 1.165) is 6.54 Å². The van der Waals surface area contributed by atoms with Gasteiger partial charge in [0.05, 0.1) is 0 Å². The van der Waals surface area contributed by atoms with E-state index in [-0.39, 0.29) is 11.2 Å². The molecule has 0 aromatic carbocycles. The average molecular weight is 211 g/mol. The third-order valence-electron chi connectivity index (χ3n) is 1.89. The highest BCUT2D eigenvalue weighted by atomic mass is 16.4. The Labute approximate surface area is 89.5 Å². The number of carbonyl (C=O) groups is 1. The predicted molar refractivity (Wildman–Crippen MR) is 58.4 cm³/mol. The smallest absolute Gasteiger partial charge is 0.371 e. The Balaban J connectivity index is 2.74. The summed E-state index contributed by atoms with van der Waals surface area (Å²) in [5, 5.41) is 8.70. The SMILES string of the molecule is CN(CC(C)(C)C)c1ccc(C(=O)O)o1. The van der Waals surface area contributed by atoms with E-state index in [1.165, 1.54) is 6.07 Å². The van der Waals surface area contributed by atoms with Gasteiger partial charge in [0.15, 0.2) is 5.88 Å². The molecule has 1 N–H and O–H groups in total. The Morgan fingerprint density at radius 2 is 2.07 bits per heavy atom. The molecule has 1 aromatic rings. The molecule has 0 aliphatic rings. The largest absolute Gasteiger partial charge is 0.475 e. The molecule has 0 aliphatic heterocycles. The summed E-state index contributed by atoms with van der Waals surface area (Å²) >= 11 is 0. The summed E-state index contributed by atoms with van der Waals surface area (Å²) in [5.41, 5.74) is 0.144. The monoisotopic (exact) mass is 211 g/mol. The molecule has 1 rings (SSSR count). The molecule has 4 nitrogen and oxygen atoms in total. The number of nitrogens with zero attached hydrogens (tertiary/aromatic N) is 1. The Bertz CT molecular complexity index is 349. The van der Waals surface area contributed by atoms with E-state index in [1.54, 1.807) is 6.07 Å². The van der Waals surface area contributed by atoms with Gasteiger partial charge in [-0.15, -0.1) is 0 Å². The van der Waals surface area contributed by atoms with Crippen molar-refractivity contribution in [1.82, 2.24) is 0 Å². The predicted octanol–water partition coefficient (Wildman–Crippen LogP) is 2.46. The van der Waals surface area contributed by atoms with Gasteiger partial charge < -0.3 is 14.4 Å². The van der Waals surface area contributed by atoms with Gasteiger partial charge in [0.1, 0.15) is 0 Å². The molecular weight excluding hydrogens is 194 g/mol. The number of hydrogen-bond donors (Lipinski definition) is 1. The minimum atomic E-state index is -1.04. The molecule has 15 heavy (non-hydrogen) atoms. The van der Waals surface area contributed by atoms with Crippen LogP contribution in [0.2, 0.25) is 0 Å². The molecule has 0 fully saturated rings. The van der Waals surface area contributed by atoms with Gasteiger partial charge in [-0.3, -0.25) is 0 Å². The van der Waals surface area contributed by atoms with Crippen LogP contribution >= 0.6 is 0 Å². The third kappa shape index (κ3) is 3.31. The number of carboxylic acid groups (broad SMARTS) is 1. The molecule has 84 valence electrons. The van der Waals surface area contributed by atoms with E-state index < -0.39 is 5.97 Å². The summed E-state index contributed by atoms with van der Waals surface area (Å²) in [6.45, 7) is 7.15. The van der Waals surface area contributed by atoms with Crippen LogP contribution in [0.3, 0.4) is 0 Å². The van der Waals surface area contributed by atoms with Gasteiger partial charge in [0.2, 0.25) is 5.76 Å². The van der Waals surface area contributed by atoms with Crippen LogP contribution in [0.5, 0.6) is 0 Å². The standard InChI is InChI=1S/C11H17NO3/c1-11(2,3)7-12(4)9-6-5-8(15-9)10(13)14/h5-6H,7H2,1-4H3,(H,13,14). The first kappa shape index (κ1) is 11.6. The average Bonchev–Trinajstić information content (AvgIpc) is 2.47. The second-order valence-corrected chi connectivity index (χ2v) is 4.86. The van der Waals surface area contributed by atoms with Crippen molar-refractivity contribution in [3.63, 3.8) is 0 Å². The molecule has 0 aliphatic carbocycles. The molecule has 0 bridgehead atoms. The van der Waals surface area contributed by atoms with Crippen LogP contribution in [0, 0.1) is 5.41 Å². The first-order valence-corrected chi connectivity index (χ1v) is 4.84. The third-order valence-corrected chi connectivity index (χ3v) is 1.89. The maximum Gasteiger partial charge on any atom is 0.371 e. The molecular formula is C11H17NO3. The topological polar surface area (TPSA) is 53.7 Å². The lowest BCUT2D eigenvalue weighted by atomic mass is 9.96. The lowest BCUT2D eigenvalue weighted by Crippen LogP contribution is -2.28. The summed E-state index contributed by atoms with van der Waals surface area (Å²) in [7, 11) is 1.88. The van der Waals surface area contributed by atoms with E-state index >= 15 is 0 Å². The van der Waals surface area contributed by atoms with Crippen LogP contribution in [0.25, 0.3) is 0 Å². The molecule has 1 aromatic heterocycles. The maximum absolute atomic E-state index is 10.6. The number of hydrogen-bond acceptors (Lipinski definition) is 3. The Kier molecular flexibility index (Phi) is 3.07. The van der Waals surface area contributed by atoms with Crippen LogP contribution in [0.15, 0.2) is 16.5 Å². The lowest BCUT2D eigenvalue weighted by Gasteiger charge is -2.26. The van der Waals surface area contributed by atoms with E-state index in [9.17, 15) is 4.79 Å². The summed E-state index contributed by atoms with van der Waals surface area (Å²) < 4.78 is 5.18. The highest BCUT2D eigenvalue weighted by Gasteiger charge is 2.17. The second kappa shape index (κ2) is 3.96. The highest BCUT2D eigenvalue weighted by molar-refractivity contribution is 5.84. The molecule has 0 amide bonds. The van der Waals surface area contributed by atoms with Gasteiger partial charge in [-0.2, -0.15) is 0 Å². The Morgan fingerprint density at radius 1 is 1.47 bits per heavy atom. The molecule has 0 atom stereocenters. The van der Waals surface area contributed by atoms with Crippen molar-refractivity contribution >= 4 is 11.9 Å². The molecule has 0 radical (unpaired) electrons. The number of carboxylic acids is 1.